The highest BCUT2D eigenvalue weighted by Crippen LogP contribution is 2.29. The Morgan fingerprint density at radius 3 is 2.74 bits per heavy atom. The van der Waals surface area contributed by atoms with E-state index in [1.165, 1.54) is 18.2 Å². The third-order valence-corrected chi connectivity index (χ3v) is 4.44. The van der Waals surface area contributed by atoms with Crippen molar-refractivity contribution in [2.45, 2.75) is 6.92 Å². The Kier molecular flexibility index (Phi) is 4.38. The Hall–Kier alpha value is -3.18. The van der Waals surface area contributed by atoms with Gasteiger partial charge in [0, 0.05) is 22.3 Å². The first-order valence-electron chi connectivity index (χ1n) is 8.24. The molecule has 1 amide bonds. The Bertz CT molecular complexity index is 1170. The number of nitrogens with one attached hydrogen (secondary N) is 1. The summed E-state index contributed by atoms with van der Waals surface area (Å²) in [5.41, 5.74) is 3.33. The quantitative estimate of drug-likeness (QED) is 0.485. The number of oxazole rings is 1. The molecule has 6 heteroatoms. The molecule has 0 aliphatic heterocycles. The Morgan fingerprint density at radius 1 is 1.11 bits per heavy atom. The minimum atomic E-state index is -0.570. The van der Waals surface area contributed by atoms with Gasteiger partial charge in [0.1, 0.15) is 11.3 Å². The number of anilines is 1. The van der Waals surface area contributed by atoms with Crippen LogP contribution in [0.15, 0.2) is 65.1 Å². The van der Waals surface area contributed by atoms with Gasteiger partial charge >= 0.3 is 0 Å². The van der Waals surface area contributed by atoms with Crippen LogP contribution in [-0.2, 0) is 0 Å². The molecule has 1 N–H and O–H groups in total. The van der Waals surface area contributed by atoms with E-state index in [4.69, 9.17) is 16.0 Å². The van der Waals surface area contributed by atoms with Crippen LogP contribution in [0.3, 0.4) is 0 Å². The molecule has 0 unspecified atom stereocenters. The summed E-state index contributed by atoms with van der Waals surface area (Å²) >= 11 is 5.98. The second-order valence-electron chi connectivity index (χ2n) is 6.09. The van der Waals surface area contributed by atoms with Crippen LogP contribution in [0.25, 0.3) is 22.6 Å². The zero-order chi connectivity index (χ0) is 19.0. The smallest absolute Gasteiger partial charge is 0.258 e. The van der Waals surface area contributed by atoms with Crippen LogP contribution in [0, 0.1) is 12.7 Å². The van der Waals surface area contributed by atoms with Gasteiger partial charge in [0.05, 0.1) is 5.56 Å². The predicted molar refractivity (Wildman–Crippen MR) is 104 cm³/mol. The first kappa shape index (κ1) is 17.2. The van der Waals surface area contributed by atoms with Gasteiger partial charge in [-0.3, -0.25) is 4.79 Å². The van der Waals surface area contributed by atoms with Crippen LogP contribution < -0.4 is 5.32 Å². The minimum Gasteiger partial charge on any atom is -0.436 e. The molecule has 0 aliphatic carbocycles. The number of amides is 1. The number of halogens is 2. The molecule has 134 valence electrons. The van der Waals surface area contributed by atoms with Crippen molar-refractivity contribution >= 4 is 34.3 Å². The van der Waals surface area contributed by atoms with E-state index in [1.807, 2.05) is 19.1 Å². The zero-order valence-corrected chi connectivity index (χ0v) is 15.0. The van der Waals surface area contributed by atoms with Crippen molar-refractivity contribution in [2.75, 3.05) is 5.32 Å². The summed E-state index contributed by atoms with van der Waals surface area (Å²) in [6.07, 6.45) is 0. The summed E-state index contributed by atoms with van der Waals surface area (Å²) in [6, 6.07) is 16.5. The Balaban J connectivity index is 1.68. The molecular weight excluding hydrogens is 367 g/mol. The number of hydrogen-bond donors (Lipinski definition) is 1. The Morgan fingerprint density at radius 2 is 1.93 bits per heavy atom. The van der Waals surface area contributed by atoms with E-state index >= 15 is 0 Å². The number of nitrogens with zero attached hydrogens (tertiary/aromatic N) is 1. The Labute approximate surface area is 159 Å². The first-order valence-corrected chi connectivity index (χ1v) is 8.62. The monoisotopic (exact) mass is 380 g/mol. The third kappa shape index (κ3) is 3.41. The van der Waals surface area contributed by atoms with Crippen molar-refractivity contribution in [1.82, 2.24) is 4.98 Å². The van der Waals surface area contributed by atoms with Crippen LogP contribution >= 0.6 is 11.6 Å². The maximum absolute atomic E-state index is 13.8. The van der Waals surface area contributed by atoms with Crippen LogP contribution in [-0.4, -0.2) is 10.9 Å². The van der Waals surface area contributed by atoms with Gasteiger partial charge in [-0.15, -0.1) is 0 Å². The van der Waals surface area contributed by atoms with Crippen LogP contribution in [0.2, 0.25) is 5.02 Å². The minimum absolute atomic E-state index is 0.0150. The normalized spacial score (nSPS) is 10.9. The second-order valence-corrected chi connectivity index (χ2v) is 6.53. The number of benzene rings is 3. The summed E-state index contributed by atoms with van der Waals surface area (Å²) in [7, 11) is 0. The fraction of sp³-hybridized carbons (Fsp3) is 0.0476. The van der Waals surface area contributed by atoms with Crippen LogP contribution in [0.5, 0.6) is 0 Å². The van der Waals surface area contributed by atoms with Crippen LogP contribution in [0.1, 0.15) is 15.9 Å². The summed E-state index contributed by atoms with van der Waals surface area (Å²) in [5, 5.41) is 3.31. The van der Waals surface area contributed by atoms with E-state index < -0.39 is 11.7 Å². The van der Waals surface area contributed by atoms with E-state index in [0.29, 0.717) is 33.3 Å². The number of carbonyl (C=O) groups is 1. The molecule has 1 aromatic heterocycles. The van der Waals surface area contributed by atoms with Crippen molar-refractivity contribution in [3.05, 3.63) is 82.6 Å². The molecule has 0 saturated carbocycles. The highest BCUT2D eigenvalue weighted by Gasteiger charge is 2.14. The number of rotatable bonds is 3. The van der Waals surface area contributed by atoms with Crippen molar-refractivity contribution < 1.29 is 13.6 Å². The SMILES string of the molecule is Cc1ccc(-c2nc3ccc(Cl)cc3o2)cc1NC(=O)c1ccccc1F. The molecule has 4 nitrogen and oxygen atoms in total. The standard InChI is InChI=1S/C21H14ClFN2O2/c1-12-6-7-13(21-25-17-9-8-14(22)11-19(17)27-21)10-18(12)24-20(26)15-4-2-3-5-16(15)23/h2-11H,1H3,(H,24,26). The maximum Gasteiger partial charge on any atom is 0.258 e. The zero-order valence-electron chi connectivity index (χ0n) is 14.3. The number of hydrogen-bond acceptors (Lipinski definition) is 3. The van der Waals surface area contributed by atoms with Gasteiger partial charge < -0.3 is 9.73 Å². The molecule has 1 heterocycles. The molecule has 0 bridgehead atoms. The van der Waals surface area contributed by atoms with Gasteiger partial charge in [0.15, 0.2) is 5.58 Å². The van der Waals surface area contributed by atoms with Gasteiger partial charge in [-0.05, 0) is 48.9 Å². The molecule has 0 radical (unpaired) electrons. The predicted octanol–water partition coefficient (Wildman–Crippen LogP) is 5.85. The lowest BCUT2D eigenvalue weighted by atomic mass is 10.1. The molecule has 0 spiro atoms. The molecular formula is C21H14ClFN2O2. The average molecular weight is 381 g/mol. The molecule has 3 aromatic carbocycles. The molecule has 4 rings (SSSR count). The second kappa shape index (κ2) is 6.85. The highest BCUT2D eigenvalue weighted by molar-refractivity contribution is 6.31. The fourth-order valence-corrected chi connectivity index (χ4v) is 2.91. The van der Waals surface area contributed by atoms with E-state index in [2.05, 4.69) is 10.3 Å². The van der Waals surface area contributed by atoms with Crippen molar-refractivity contribution in [3.8, 4) is 11.5 Å². The lowest BCUT2D eigenvalue weighted by Gasteiger charge is -2.10. The summed E-state index contributed by atoms with van der Waals surface area (Å²) in [4.78, 5) is 16.9. The van der Waals surface area contributed by atoms with Gasteiger partial charge in [0.25, 0.3) is 5.91 Å². The van der Waals surface area contributed by atoms with E-state index in [9.17, 15) is 9.18 Å². The largest absolute Gasteiger partial charge is 0.436 e. The third-order valence-electron chi connectivity index (χ3n) is 4.20. The van der Waals surface area contributed by atoms with E-state index in [-0.39, 0.29) is 5.56 Å². The molecule has 27 heavy (non-hydrogen) atoms. The van der Waals surface area contributed by atoms with Gasteiger partial charge in [-0.2, -0.15) is 0 Å². The highest BCUT2D eigenvalue weighted by atomic mass is 35.5. The number of fused-ring (bicyclic) bond motifs is 1. The first-order chi connectivity index (χ1) is 13.0. The van der Waals surface area contributed by atoms with Crippen LogP contribution in [0.4, 0.5) is 10.1 Å². The van der Waals surface area contributed by atoms with Crippen molar-refractivity contribution in [1.29, 1.82) is 0 Å². The topological polar surface area (TPSA) is 55.1 Å². The van der Waals surface area contributed by atoms with E-state index in [0.717, 1.165) is 5.56 Å². The fourth-order valence-electron chi connectivity index (χ4n) is 2.75. The molecule has 0 saturated heterocycles. The maximum atomic E-state index is 13.8. The van der Waals surface area contributed by atoms with Gasteiger partial charge in [-0.1, -0.05) is 29.8 Å². The van der Waals surface area contributed by atoms with Gasteiger partial charge in [0.2, 0.25) is 5.89 Å². The summed E-state index contributed by atoms with van der Waals surface area (Å²) < 4.78 is 19.6. The van der Waals surface area contributed by atoms with E-state index in [1.54, 1.807) is 30.3 Å². The number of carbonyl (C=O) groups excluding carboxylic acids is 1. The molecule has 0 aliphatic rings. The lowest BCUT2D eigenvalue weighted by Crippen LogP contribution is -2.14. The molecule has 0 atom stereocenters. The number of aryl methyl sites for hydroxylation is 1. The molecule has 0 fully saturated rings. The summed E-state index contributed by atoms with van der Waals surface area (Å²) in [5.74, 6) is -0.675. The number of aromatic nitrogens is 1. The van der Waals surface area contributed by atoms with Crippen molar-refractivity contribution in [2.24, 2.45) is 0 Å². The van der Waals surface area contributed by atoms with Gasteiger partial charge in [-0.25, -0.2) is 9.37 Å². The molecule has 4 aromatic rings. The summed E-state index contributed by atoms with van der Waals surface area (Å²) in [6.45, 7) is 1.85. The average Bonchev–Trinajstić information content (AvgIpc) is 3.07. The van der Waals surface area contributed by atoms with Crippen molar-refractivity contribution in [3.63, 3.8) is 0 Å². The lowest BCUT2D eigenvalue weighted by molar-refractivity contribution is 0.102.